The van der Waals surface area contributed by atoms with Gasteiger partial charge in [-0.1, -0.05) is 43.2 Å². The summed E-state index contributed by atoms with van der Waals surface area (Å²) in [6, 6.07) is 10.5. The summed E-state index contributed by atoms with van der Waals surface area (Å²) in [5.74, 6) is 0.000598. The zero-order chi connectivity index (χ0) is 19.4. The number of thiophene rings is 1. The van der Waals surface area contributed by atoms with Gasteiger partial charge in [0, 0.05) is 24.9 Å². The molecule has 2 aromatic rings. The Labute approximate surface area is 165 Å². The molecule has 1 aliphatic rings. The van der Waals surface area contributed by atoms with Crippen LogP contribution in [0.3, 0.4) is 0 Å². The third-order valence-corrected chi connectivity index (χ3v) is 6.23. The van der Waals surface area contributed by atoms with Crippen molar-refractivity contribution in [3.05, 3.63) is 57.3 Å². The minimum atomic E-state index is -0.0620. The molecule has 0 fully saturated rings. The molecule has 1 aromatic heterocycles. The number of aryl methyl sites for hydroxylation is 1. The van der Waals surface area contributed by atoms with Gasteiger partial charge in [0.05, 0.1) is 12.6 Å². The predicted octanol–water partition coefficient (Wildman–Crippen LogP) is 4.18. The van der Waals surface area contributed by atoms with E-state index in [1.54, 1.807) is 23.2 Å². The first-order chi connectivity index (χ1) is 13.0. The van der Waals surface area contributed by atoms with E-state index in [9.17, 15) is 9.59 Å². The lowest BCUT2D eigenvalue weighted by Gasteiger charge is -2.37. The molecule has 0 saturated heterocycles. The second-order valence-electron chi connectivity index (χ2n) is 7.24. The first-order valence-corrected chi connectivity index (χ1v) is 10.6. The van der Waals surface area contributed by atoms with E-state index in [2.05, 4.69) is 49.6 Å². The second-order valence-corrected chi connectivity index (χ2v) is 8.24. The molecule has 1 aromatic carbocycles. The number of carbonyl (C=O) groups excluding carboxylic acids is 2. The number of fused-ring (bicyclic) bond motifs is 1. The number of hydrogen-bond donors (Lipinski definition) is 0. The Hall–Kier alpha value is -2.14. The number of nitrogens with zero attached hydrogens (tertiary/aromatic N) is 2. The largest absolute Gasteiger partial charge is 0.334 e. The molecule has 1 atom stereocenters. The van der Waals surface area contributed by atoms with Crippen molar-refractivity contribution in [2.75, 3.05) is 19.6 Å². The Morgan fingerprint density at radius 1 is 1.22 bits per heavy atom. The van der Waals surface area contributed by atoms with Crippen LogP contribution in [0.5, 0.6) is 0 Å². The third-order valence-electron chi connectivity index (χ3n) is 5.23. The lowest BCUT2D eigenvalue weighted by Crippen LogP contribution is -2.46. The Balaban J connectivity index is 1.87. The van der Waals surface area contributed by atoms with Gasteiger partial charge >= 0.3 is 0 Å². The van der Waals surface area contributed by atoms with Crippen molar-refractivity contribution in [3.63, 3.8) is 0 Å². The van der Waals surface area contributed by atoms with Gasteiger partial charge in [0.2, 0.25) is 11.8 Å². The highest BCUT2D eigenvalue weighted by atomic mass is 32.1. The molecular weight excluding hydrogens is 356 g/mol. The van der Waals surface area contributed by atoms with Gasteiger partial charge in [0.25, 0.3) is 0 Å². The van der Waals surface area contributed by atoms with E-state index in [0.29, 0.717) is 13.1 Å². The second kappa shape index (κ2) is 8.70. The molecule has 1 aliphatic heterocycles. The van der Waals surface area contributed by atoms with Crippen molar-refractivity contribution < 1.29 is 9.59 Å². The predicted molar refractivity (Wildman–Crippen MR) is 110 cm³/mol. The molecule has 0 N–H and O–H groups in total. The summed E-state index contributed by atoms with van der Waals surface area (Å²) in [7, 11) is 0. The fourth-order valence-corrected chi connectivity index (χ4v) is 4.55. The fraction of sp³-hybridized carbons (Fsp3) is 0.455. The number of benzene rings is 1. The zero-order valence-corrected chi connectivity index (χ0v) is 17.2. The van der Waals surface area contributed by atoms with E-state index in [4.69, 9.17) is 0 Å². The molecule has 144 valence electrons. The van der Waals surface area contributed by atoms with Crippen molar-refractivity contribution in [2.24, 2.45) is 0 Å². The van der Waals surface area contributed by atoms with Gasteiger partial charge in [0.1, 0.15) is 0 Å². The summed E-state index contributed by atoms with van der Waals surface area (Å²) in [5.41, 5.74) is 3.57. The number of amides is 2. The third kappa shape index (κ3) is 4.41. The molecule has 0 radical (unpaired) electrons. The molecular formula is C22H28N2O2S. The van der Waals surface area contributed by atoms with Crippen molar-refractivity contribution in [1.82, 2.24) is 9.80 Å². The molecule has 2 amide bonds. The van der Waals surface area contributed by atoms with Gasteiger partial charge in [-0.15, -0.1) is 11.3 Å². The summed E-state index contributed by atoms with van der Waals surface area (Å²) in [5, 5.41) is 2.11. The van der Waals surface area contributed by atoms with Gasteiger partial charge in [0.15, 0.2) is 0 Å². The van der Waals surface area contributed by atoms with E-state index >= 15 is 0 Å². The van der Waals surface area contributed by atoms with Crippen molar-refractivity contribution in [3.8, 4) is 0 Å². The minimum Gasteiger partial charge on any atom is -0.334 e. The number of hydrogen-bond acceptors (Lipinski definition) is 3. The average molecular weight is 385 g/mol. The van der Waals surface area contributed by atoms with Gasteiger partial charge in [-0.05, 0) is 42.3 Å². The molecule has 5 heteroatoms. The topological polar surface area (TPSA) is 40.6 Å². The van der Waals surface area contributed by atoms with E-state index in [0.717, 1.165) is 24.8 Å². The first kappa shape index (κ1) is 19.6. The van der Waals surface area contributed by atoms with Crippen molar-refractivity contribution >= 4 is 23.2 Å². The van der Waals surface area contributed by atoms with Crippen LogP contribution >= 0.6 is 11.3 Å². The van der Waals surface area contributed by atoms with Crippen LogP contribution in [-0.2, 0) is 16.0 Å². The lowest BCUT2D eigenvalue weighted by molar-refractivity contribution is -0.140. The van der Waals surface area contributed by atoms with Crippen LogP contribution in [-0.4, -0.2) is 41.2 Å². The zero-order valence-electron chi connectivity index (χ0n) is 16.4. The molecule has 4 nitrogen and oxygen atoms in total. The summed E-state index contributed by atoms with van der Waals surface area (Å²) >= 11 is 1.77. The van der Waals surface area contributed by atoms with Gasteiger partial charge in [-0.3, -0.25) is 9.59 Å². The van der Waals surface area contributed by atoms with Crippen LogP contribution in [0.2, 0.25) is 0 Å². The Kier molecular flexibility index (Phi) is 6.32. The molecule has 0 bridgehead atoms. The van der Waals surface area contributed by atoms with Gasteiger partial charge < -0.3 is 9.80 Å². The Morgan fingerprint density at radius 2 is 1.96 bits per heavy atom. The smallest absolute Gasteiger partial charge is 0.242 e. The van der Waals surface area contributed by atoms with E-state index < -0.39 is 0 Å². The van der Waals surface area contributed by atoms with Crippen LogP contribution in [0.15, 0.2) is 35.7 Å². The van der Waals surface area contributed by atoms with Gasteiger partial charge in [-0.25, -0.2) is 0 Å². The number of unbranched alkanes of at least 4 members (excludes halogenated alkanes) is 1. The van der Waals surface area contributed by atoms with Crippen LogP contribution in [0.4, 0.5) is 0 Å². The number of rotatable bonds is 6. The molecule has 0 spiro atoms. The lowest BCUT2D eigenvalue weighted by atomic mass is 9.92. The highest BCUT2D eigenvalue weighted by Gasteiger charge is 2.33. The summed E-state index contributed by atoms with van der Waals surface area (Å²) in [4.78, 5) is 30.2. The maximum Gasteiger partial charge on any atom is 0.242 e. The van der Waals surface area contributed by atoms with Crippen LogP contribution in [0.25, 0.3) is 0 Å². The molecule has 2 heterocycles. The average Bonchev–Trinajstić information content (AvgIpc) is 3.13. The molecule has 0 aliphatic carbocycles. The molecule has 3 rings (SSSR count). The molecule has 0 saturated carbocycles. The van der Waals surface area contributed by atoms with E-state index in [-0.39, 0.29) is 24.4 Å². The standard InChI is InChI=1S/C22H28N2O2S/c1-4-5-12-23(17(3)25)15-21(26)24-13-10-20-19(11-14-27-20)22(24)18-8-6-16(2)7-9-18/h6-9,11,14,22H,4-5,10,12-13,15H2,1-3H3/t22-/m0/s1. The SMILES string of the molecule is CCCCN(CC(=O)N1CCc2sccc2[C@@H]1c1ccc(C)cc1)C(C)=O. The van der Waals surface area contributed by atoms with Crippen molar-refractivity contribution in [2.45, 2.75) is 46.1 Å². The minimum absolute atomic E-state index is 0.0306. The van der Waals surface area contributed by atoms with Crippen LogP contribution in [0, 0.1) is 6.92 Å². The van der Waals surface area contributed by atoms with Crippen LogP contribution in [0.1, 0.15) is 54.3 Å². The highest BCUT2D eigenvalue weighted by Crippen LogP contribution is 2.37. The number of carbonyl (C=O) groups is 2. The summed E-state index contributed by atoms with van der Waals surface area (Å²) in [6.07, 6.45) is 2.81. The summed E-state index contributed by atoms with van der Waals surface area (Å²) < 4.78 is 0. The molecule has 27 heavy (non-hydrogen) atoms. The monoisotopic (exact) mass is 384 g/mol. The van der Waals surface area contributed by atoms with Crippen LogP contribution < -0.4 is 0 Å². The summed E-state index contributed by atoms with van der Waals surface area (Å²) in [6.45, 7) is 7.22. The Bertz CT molecular complexity index is 797. The van der Waals surface area contributed by atoms with E-state index in [1.807, 2.05) is 4.90 Å². The first-order valence-electron chi connectivity index (χ1n) is 9.69. The maximum atomic E-state index is 13.2. The normalized spacial score (nSPS) is 16.1. The Morgan fingerprint density at radius 3 is 2.63 bits per heavy atom. The molecule has 0 unspecified atom stereocenters. The highest BCUT2D eigenvalue weighted by molar-refractivity contribution is 7.10. The maximum absolute atomic E-state index is 13.2. The van der Waals surface area contributed by atoms with Gasteiger partial charge in [-0.2, -0.15) is 0 Å². The van der Waals surface area contributed by atoms with E-state index in [1.165, 1.54) is 16.0 Å². The van der Waals surface area contributed by atoms with Crippen molar-refractivity contribution in [1.29, 1.82) is 0 Å². The fourth-order valence-electron chi connectivity index (χ4n) is 3.64. The quantitative estimate of drug-likeness (QED) is 0.750.